The first kappa shape index (κ1) is 19.8. The maximum absolute atomic E-state index is 13.2. The SMILES string of the molecule is O=C(Nc1nc(-c2ccccc2)cs1)c1ccc2c(c1)C(=O)N(c1ccc(F)cc1)C2=O. The summed E-state index contributed by atoms with van der Waals surface area (Å²) in [4.78, 5) is 43.7. The van der Waals surface area contributed by atoms with E-state index in [4.69, 9.17) is 0 Å². The van der Waals surface area contributed by atoms with E-state index in [0.29, 0.717) is 5.13 Å². The molecule has 3 aromatic carbocycles. The molecule has 8 heteroatoms. The van der Waals surface area contributed by atoms with Gasteiger partial charge in [-0.05, 0) is 42.5 Å². The fourth-order valence-corrected chi connectivity index (χ4v) is 4.16. The second-order valence-electron chi connectivity index (χ2n) is 7.04. The summed E-state index contributed by atoms with van der Waals surface area (Å²) in [5.41, 5.74) is 2.48. The van der Waals surface area contributed by atoms with Crippen LogP contribution in [0.15, 0.2) is 78.2 Å². The van der Waals surface area contributed by atoms with Gasteiger partial charge in [0.05, 0.1) is 22.5 Å². The molecule has 0 atom stereocenters. The van der Waals surface area contributed by atoms with E-state index in [1.165, 1.54) is 53.8 Å². The molecular weight excluding hydrogens is 429 g/mol. The summed E-state index contributed by atoms with van der Waals surface area (Å²) in [5.74, 6) is -1.99. The number of carbonyl (C=O) groups is 3. The highest BCUT2D eigenvalue weighted by atomic mass is 32.1. The van der Waals surface area contributed by atoms with E-state index in [-0.39, 0.29) is 22.4 Å². The Labute approximate surface area is 186 Å². The summed E-state index contributed by atoms with van der Waals surface area (Å²) < 4.78 is 13.2. The standard InChI is InChI=1S/C24H14FN3O3S/c25-16-7-9-17(10-8-16)28-22(30)18-11-6-15(12-19(18)23(28)31)21(29)27-24-26-20(13-32-24)14-4-2-1-3-5-14/h1-13H,(H,26,27,29). The van der Waals surface area contributed by atoms with Crippen molar-refractivity contribution in [2.24, 2.45) is 0 Å². The Morgan fingerprint density at radius 1 is 0.906 bits per heavy atom. The predicted molar refractivity (Wildman–Crippen MR) is 119 cm³/mol. The molecule has 2 heterocycles. The van der Waals surface area contributed by atoms with Crippen LogP contribution in [0.2, 0.25) is 0 Å². The molecular formula is C24H14FN3O3S. The van der Waals surface area contributed by atoms with E-state index in [1.807, 2.05) is 35.7 Å². The lowest BCUT2D eigenvalue weighted by Crippen LogP contribution is -2.29. The fraction of sp³-hybridized carbons (Fsp3) is 0. The Hall–Kier alpha value is -4.17. The minimum Gasteiger partial charge on any atom is -0.298 e. The Morgan fingerprint density at radius 2 is 1.62 bits per heavy atom. The zero-order valence-electron chi connectivity index (χ0n) is 16.4. The molecule has 5 rings (SSSR count). The zero-order valence-corrected chi connectivity index (χ0v) is 17.2. The Kier molecular flexibility index (Phi) is 4.84. The summed E-state index contributed by atoms with van der Waals surface area (Å²) in [5, 5.41) is 5.00. The van der Waals surface area contributed by atoms with Gasteiger partial charge < -0.3 is 0 Å². The van der Waals surface area contributed by atoms with E-state index in [1.54, 1.807) is 0 Å². The van der Waals surface area contributed by atoms with Crippen LogP contribution in [-0.2, 0) is 0 Å². The lowest BCUT2D eigenvalue weighted by molar-refractivity contribution is 0.0925. The van der Waals surface area contributed by atoms with E-state index >= 15 is 0 Å². The number of hydrogen-bond acceptors (Lipinski definition) is 5. The van der Waals surface area contributed by atoms with Crippen molar-refractivity contribution in [2.45, 2.75) is 0 Å². The average Bonchev–Trinajstić information content (AvgIpc) is 3.38. The number of fused-ring (bicyclic) bond motifs is 1. The van der Waals surface area contributed by atoms with Gasteiger partial charge in [-0.2, -0.15) is 0 Å². The summed E-state index contributed by atoms with van der Waals surface area (Å²) in [6.07, 6.45) is 0. The van der Waals surface area contributed by atoms with Gasteiger partial charge in [-0.25, -0.2) is 14.3 Å². The van der Waals surface area contributed by atoms with Crippen LogP contribution >= 0.6 is 11.3 Å². The molecule has 6 nitrogen and oxygen atoms in total. The van der Waals surface area contributed by atoms with Gasteiger partial charge in [0.1, 0.15) is 5.82 Å². The molecule has 1 aromatic heterocycles. The number of benzene rings is 3. The number of halogens is 1. The van der Waals surface area contributed by atoms with Crippen LogP contribution in [-0.4, -0.2) is 22.7 Å². The number of aromatic nitrogens is 1. The Balaban J connectivity index is 1.38. The van der Waals surface area contributed by atoms with Gasteiger partial charge in [0.25, 0.3) is 17.7 Å². The summed E-state index contributed by atoms with van der Waals surface area (Å²) in [7, 11) is 0. The smallest absolute Gasteiger partial charge is 0.266 e. The van der Waals surface area contributed by atoms with E-state index < -0.39 is 23.5 Å². The number of thiazole rings is 1. The quantitative estimate of drug-likeness (QED) is 0.450. The van der Waals surface area contributed by atoms with E-state index in [2.05, 4.69) is 10.3 Å². The van der Waals surface area contributed by atoms with Gasteiger partial charge in [0.2, 0.25) is 0 Å². The molecule has 0 saturated carbocycles. The number of nitrogens with one attached hydrogen (secondary N) is 1. The topological polar surface area (TPSA) is 79.4 Å². The number of rotatable bonds is 4. The van der Waals surface area contributed by atoms with Crippen molar-refractivity contribution in [3.8, 4) is 11.3 Å². The molecule has 0 aliphatic carbocycles. The Bertz CT molecular complexity index is 1370. The van der Waals surface area contributed by atoms with Crippen LogP contribution in [0.5, 0.6) is 0 Å². The minimum atomic E-state index is -0.563. The number of imide groups is 1. The first-order chi connectivity index (χ1) is 15.5. The van der Waals surface area contributed by atoms with Crippen LogP contribution in [0.1, 0.15) is 31.1 Å². The third-order valence-electron chi connectivity index (χ3n) is 5.03. The molecule has 156 valence electrons. The third-order valence-corrected chi connectivity index (χ3v) is 5.79. The van der Waals surface area contributed by atoms with Crippen LogP contribution in [0.4, 0.5) is 15.2 Å². The van der Waals surface area contributed by atoms with Crippen molar-refractivity contribution in [2.75, 3.05) is 10.2 Å². The molecule has 1 aliphatic rings. The number of hydrogen-bond donors (Lipinski definition) is 1. The highest BCUT2D eigenvalue weighted by molar-refractivity contribution is 7.14. The van der Waals surface area contributed by atoms with Gasteiger partial charge >= 0.3 is 0 Å². The van der Waals surface area contributed by atoms with Gasteiger partial charge in [-0.15, -0.1) is 11.3 Å². The van der Waals surface area contributed by atoms with Gasteiger partial charge in [-0.1, -0.05) is 30.3 Å². The molecule has 1 aliphatic heterocycles. The number of anilines is 2. The molecule has 32 heavy (non-hydrogen) atoms. The van der Waals surface area contributed by atoms with Crippen molar-refractivity contribution >= 4 is 39.9 Å². The second kappa shape index (κ2) is 7.82. The highest BCUT2D eigenvalue weighted by Crippen LogP contribution is 2.30. The zero-order chi connectivity index (χ0) is 22.2. The molecule has 1 N–H and O–H groups in total. The normalized spacial score (nSPS) is 12.7. The molecule has 0 fully saturated rings. The lowest BCUT2D eigenvalue weighted by Gasteiger charge is -2.13. The first-order valence-corrected chi connectivity index (χ1v) is 10.5. The van der Waals surface area contributed by atoms with Crippen molar-refractivity contribution in [1.82, 2.24) is 4.98 Å². The van der Waals surface area contributed by atoms with E-state index in [9.17, 15) is 18.8 Å². The van der Waals surface area contributed by atoms with E-state index in [0.717, 1.165) is 16.2 Å². The first-order valence-electron chi connectivity index (χ1n) is 9.62. The lowest BCUT2D eigenvalue weighted by atomic mass is 10.1. The summed E-state index contributed by atoms with van der Waals surface area (Å²) in [6, 6.07) is 19.0. The van der Waals surface area contributed by atoms with Gasteiger partial charge in [-0.3, -0.25) is 19.7 Å². The van der Waals surface area contributed by atoms with Crippen molar-refractivity contribution in [1.29, 1.82) is 0 Å². The average molecular weight is 443 g/mol. The second-order valence-corrected chi connectivity index (χ2v) is 7.90. The van der Waals surface area contributed by atoms with Crippen LogP contribution in [0.25, 0.3) is 11.3 Å². The number of nitrogens with zero attached hydrogens (tertiary/aromatic N) is 2. The number of carbonyl (C=O) groups excluding carboxylic acids is 3. The molecule has 0 radical (unpaired) electrons. The minimum absolute atomic E-state index is 0.121. The summed E-state index contributed by atoms with van der Waals surface area (Å²) >= 11 is 1.29. The molecule has 0 unspecified atom stereocenters. The summed E-state index contributed by atoms with van der Waals surface area (Å²) in [6.45, 7) is 0. The Morgan fingerprint density at radius 3 is 2.38 bits per heavy atom. The van der Waals surface area contributed by atoms with Crippen LogP contribution in [0, 0.1) is 5.82 Å². The highest BCUT2D eigenvalue weighted by Gasteiger charge is 2.37. The number of amides is 3. The molecule has 4 aromatic rings. The van der Waals surface area contributed by atoms with Gasteiger partial charge in [0, 0.05) is 16.5 Å². The maximum atomic E-state index is 13.2. The molecule has 0 spiro atoms. The van der Waals surface area contributed by atoms with Crippen molar-refractivity contribution < 1.29 is 18.8 Å². The molecule has 0 bridgehead atoms. The van der Waals surface area contributed by atoms with Crippen molar-refractivity contribution in [3.05, 3.63) is 101 Å². The third kappa shape index (κ3) is 3.46. The monoisotopic (exact) mass is 443 g/mol. The van der Waals surface area contributed by atoms with Gasteiger partial charge in [0.15, 0.2) is 5.13 Å². The molecule has 3 amide bonds. The predicted octanol–water partition coefficient (Wildman–Crippen LogP) is 5.00. The largest absolute Gasteiger partial charge is 0.298 e. The maximum Gasteiger partial charge on any atom is 0.266 e. The van der Waals surface area contributed by atoms with Crippen molar-refractivity contribution in [3.63, 3.8) is 0 Å². The molecule has 0 saturated heterocycles. The fourth-order valence-electron chi connectivity index (χ4n) is 3.45. The van der Waals surface area contributed by atoms with Crippen LogP contribution < -0.4 is 10.2 Å². The van der Waals surface area contributed by atoms with Crippen LogP contribution in [0.3, 0.4) is 0 Å².